The van der Waals surface area contributed by atoms with Crippen LogP contribution in [0.3, 0.4) is 0 Å². The fraction of sp³-hybridized carbons (Fsp3) is 1.00. The summed E-state index contributed by atoms with van der Waals surface area (Å²) in [7, 11) is 0. The minimum absolute atomic E-state index is 0.306. The van der Waals surface area contributed by atoms with Crippen molar-refractivity contribution in [2.45, 2.75) is 63.5 Å². The van der Waals surface area contributed by atoms with E-state index in [9.17, 15) is 10.0 Å². The second-order valence-electron chi connectivity index (χ2n) is 6.31. The van der Waals surface area contributed by atoms with Gasteiger partial charge in [0, 0.05) is 0 Å². The van der Waals surface area contributed by atoms with Crippen molar-refractivity contribution >= 4 is 0 Å². The molecule has 1 N–H and O–H groups in total. The van der Waals surface area contributed by atoms with E-state index in [0.29, 0.717) is 23.7 Å². The van der Waals surface area contributed by atoms with Crippen LogP contribution in [0.15, 0.2) is 5.18 Å². The number of aliphatic hydroxyl groups is 1. The molecule has 0 aliphatic heterocycles. The molecule has 0 bridgehead atoms. The predicted molar refractivity (Wildman–Crippen MR) is 66.5 cm³/mol. The highest BCUT2D eigenvalue weighted by Gasteiger charge is 2.51. The standard InChI is InChI=1S/C14H23NO2/c16-14-12-8-4-2-6-10(12)9-5-1-3-7-11(9)13(14)15-17/h9-14,16H,1-8H2. The van der Waals surface area contributed by atoms with E-state index in [0.717, 1.165) is 12.8 Å². The molecule has 0 aromatic heterocycles. The van der Waals surface area contributed by atoms with E-state index in [1.165, 1.54) is 38.5 Å². The number of aliphatic hydroxyl groups excluding tert-OH is 1. The summed E-state index contributed by atoms with van der Waals surface area (Å²) in [5.41, 5.74) is 0. The first kappa shape index (κ1) is 11.6. The zero-order valence-electron chi connectivity index (χ0n) is 10.4. The smallest absolute Gasteiger partial charge is 0.121 e. The number of hydrogen-bond acceptors (Lipinski definition) is 3. The third-order valence-electron chi connectivity index (χ3n) is 5.65. The van der Waals surface area contributed by atoms with Crippen LogP contribution < -0.4 is 0 Å². The molecule has 0 saturated heterocycles. The van der Waals surface area contributed by atoms with Crippen LogP contribution in [0.25, 0.3) is 0 Å². The lowest BCUT2D eigenvalue weighted by molar-refractivity contribution is -0.0787. The van der Waals surface area contributed by atoms with Gasteiger partial charge in [0.1, 0.15) is 6.04 Å². The largest absolute Gasteiger partial charge is 0.390 e. The Hall–Kier alpha value is -0.440. The van der Waals surface area contributed by atoms with Crippen LogP contribution in [0, 0.1) is 28.6 Å². The molecule has 0 aromatic carbocycles. The van der Waals surface area contributed by atoms with Crippen LogP contribution in [0.1, 0.15) is 51.4 Å². The maximum Gasteiger partial charge on any atom is 0.121 e. The summed E-state index contributed by atoms with van der Waals surface area (Å²) < 4.78 is 0. The van der Waals surface area contributed by atoms with E-state index in [1.54, 1.807) is 0 Å². The van der Waals surface area contributed by atoms with Crippen LogP contribution in [0.5, 0.6) is 0 Å². The predicted octanol–water partition coefficient (Wildman–Crippen LogP) is 3.11. The van der Waals surface area contributed by atoms with Gasteiger partial charge in [-0.3, -0.25) is 0 Å². The fourth-order valence-corrected chi connectivity index (χ4v) is 4.93. The van der Waals surface area contributed by atoms with Gasteiger partial charge in [-0.15, -0.1) is 0 Å². The van der Waals surface area contributed by atoms with Gasteiger partial charge in [-0.2, -0.15) is 4.91 Å². The zero-order chi connectivity index (χ0) is 11.8. The molecule has 3 saturated carbocycles. The summed E-state index contributed by atoms with van der Waals surface area (Å²) in [4.78, 5) is 11.1. The molecule has 0 amide bonds. The Bertz CT molecular complexity index is 294. The van der Waals surface area contributed by atoms with Crippen molar-refractivity contribution in [3.63, 3.8) is 0 Å². The highest BCUT2D eigenvalue weighted by atomic mass is 16.3. The van der Waals surface area contributed by atoms with E-state index >= 15 is 0 Å². The van der Waals surface area contributed by atoms with Crippen LogP contribution >= 0.6 is 0 Å². The van der Waals surface area contributed by atoms with Crippen molar-refractivity contribution in [1.29, 1.82) is 0 Å². The maximum atomic E-state index is 11.1. The molecule has 3 aliphatic rings. The van der Waals surface area contributed by atoms with Crippen molar-refractivity contribution in [3.8, 4) is 0 Å². The maximum absolute atomic E-state index is 11.1. The van der Waals surface area contributed by atoms with Crippen LogP contribution in [0.2, 0.25) is 0 Å². The monoisotopic (exact) mass is 237 g/mol. The molecule has 3 nitrogen and oxygen atoms in total. The summed E-state index contributed by atoms with van der Waals surface area (Å²) in [6.07, 6.45) is 9.39. The highest BCUT2D eigenvalue weighted by Crippen LogP contribution is 2.52. The van der Waals surface area contributed by atoms with Crippen LogP contribution in [-0.4, -0.2) is 17.3 Å². The summed E-state index contributed by atoms with van der Waals surface area (Å²) in [6, 6.07) is -0.306. The average molecular weight is 237 g/mol. The third kappa shape index (κ3) is 1.83. The first-order valence-electron chi connectivity index (χ1n) is 7.33. The van der Waals surface area contributed by atoms with Gasteiger partial charge < -0.3 is 5.11 Å². The summed E-state index contributed by atoms with van der Waals surface area (Å²) in [5, 5.41) is 13.7. The lowest BCUT2D eigenvalue weighted by Gasteiger charge is -2.51. The zero-order valence-corrected chi connectivity index (χ0v) is 10.4. The molecule has 96 valence electrons. The Morgan fingerprint density at radius 1 is 0.765 bits per heavy atom. The number of hydrogen-bond donors (Lipinski definition) is 1. The van der Waals surface area contributed by atoms with Gasteiger partial charge in [0.05, 0.1) is 6.10 Å². The minimum Gasteiger partial charge on any atom is -0.390 e. The number of fused-ring (bicyclic) bond motifs is 3. The van der Waals surface area contributed by atoms with Gasteiger partial charge >= 0.3 is 0 Å². The Morgan fingerprint density at radius 3 is 1.82 bits per heavy atom. The lowest BCUT2D eigenvalue weighted by Crippen LogP contribution is -2.53. The Kier molecular flexibility index (Phi) is 3.20. The van der Waals surface area contributed by atoms with E-state index in [4.69, 9.17) is 0 Å². The quantitative estimate of drug-likeness (QED) is 0.712. The second-order valence-corrected chi connectivity index (χ2v) is 6.31. The third-order valence-corrected chi connectivity index (χ3v) is 5.65. The first-order chi connectivity index (χ1) is 8.33. The molecular formula is C14H23NO2. The first-order valence-corrected chi connectivity index (χ1v) is 7.33. The second kappa shape index (κ2) is 4.68. The van der Waals surface area contributed by atoms with Crippen molar-refractivity contribution in [1.82, 2.24) is 0 Å². The molecule has 0 heterocycles. The molecule has 17 heavy (non-hydrogen) atoms. The Balaban J connectivity index is 1.88. The van der Waals surface area contributed by atoms with Gasteiger partial charge in [-0.1, -0.05) is 30.9 Å². The Morgan fingerprint density at radius 2 is 1.24 bits per heavy atom. The molecular weight excluding hydrogens is 214 g/mol. The molecule has 3 fully saturated rings. The number of nitroso groups, excluding NO2 is 1. The molecule has 0 radical (unpaired) electrons. The van der Waals surface area contributed by atoms with Gasteiger partial charge in [0.15, 0.2) is 0 Å². The van der Waals surface area contributed by atoms with Crippen LogP contribution in [0.4, 0.5) is 0 Å². The van der Waals surface area contributed by atoms with Crippen molar-refractivity contribution in [3.05, 3.63) is 4.91 Å². The van der Waals surface area contributed by atoms with Gasteiger partial charge in [0.25, 0.3) is 0 Å². The molecule has 0 spiro atoms. The minimum atomic E-state index is -0.447. The molecule has 0 aromatic rings. The van der Waals surface area contributed by atoms with Gasteiger partial charge in [-0.25, -0.2) is 0 Å². The molecule has 3 heteroatoms. The number of rotatable bonds is 1. The van der Waals surface area contributed by atoms with Crippen molar-refractivity contribution in [2.24, 2.45) is 28.8 Å². The number of nitrogens with zero attached hydrogens (tertiary/aromatic N) is 1. The Labute approximate surface area is 103 Å². The van der Waals surface area contributed by atoms with E-state index < -0.39 is 6.10 Å². The van der Waals surface area contributed by atoms with Crippen molar-refractivity contribution < 1.29 is 5.11 Å². The average Bonchev–Trinajstić information content (AvgIpc) is 2.40. The molecule has 6 unspecified atom stereocenters. The van der Waals surface area contributed by atoms with E-state index in [2.05, 4.69) is 5.18 Å². The normalized spacial score (nSPS) is 50.2. The molecule has 3 aliphatic carbocycles. The van der Waals surface area contributed by atoms with E-state index in [-0.39, 0.29) is 6.04 Å². The topological polar surface area (TPSA) is 49.7 Å². The lowest BCUT2D eigenvalue weighted by atomic mass is 9.55. The van der Waals surface area contributed by atoms with Crippen molar-refractivity contribution in [2.75, 3.05) is 0 Å². The summed E-state index contributed by atoms with van der Waals surface area (Å²) in [5.74, 6) is 2.11. The molecule has 3 rings (SSSR count). The van der Waals surface area contributed by atoms with E-state index in [1.807, 2.05) is 0 Å². The molecule has 6 atom stereocenters. The summed E-state index contributed by atoms with van der Waals surface area (Å²) >= 11 is 0. The van der Waals surface area contributed by atoms with Gasteiger partial charge in [0.2, 0.25) is 0 Å². The van der Waals surface area contributed by atoms with Crippen LogP contribution in [-0.2, 0) is 0 Å². The van der Waals surface area contributed by atoms with Gasteiger partial charge in [-0.05, 0) is 49.4 Å². The highest BCUT2D eigenvalue weighted by molar-refractivity contribution is 5.02. The summed E-state index contributed by atoms with van der Waals surface area (Å²) in [6.45, 7) is 0. The fourth-order valence-electron chi connectivity index (χ4n) is 4.93. The SMILES string of the molecule is O=NC1C(O)C2CCCCC2C2CCCCC21.